The van der Waals surface area contributed by atoms with E-state index in [9.17, 15) is 9.59 Å². The zero-order valence-electron chi connectivity index (χ0n) is 15.6. The minimum atomic E-state index is -0.496. The third kappa shape index (κ3) is 3.23. The van der Waals surface area contributed by atoms with Crippen molar-refractivity contribution in [1.82, 2.24) is 30.1 Å². The molecule has 4 rings (SSSR count). The number of hydrogen-bond acceptors (Lipinski definition) is 6. The largest absolute Gasteiger partial charge is 0.355 e. The van der Waals surface area contributed by atoms with Crippen molar-refractivity contribution in [2.24, 2.45) is 7.05 Å². The Bertz CT molecular complexity index is 851. The normalized spacial score (nSPS) is 20.3. The third-order valence-electron chi connectivity index (χ3n) is 5.44. The van der Waals surface area contributed by atoms with E-state index >= 15 is 0 Å². The predicted molar refractivity (Wildman–Crippen MR) is 97.0 cm³/mol. The Kier molecular flexibility index (Phi) is 4.69. The average molecular weight is 372 g/mol. The number of hydrogen-bond donors (Lipinski definition) is 1. The Morgan fingerprint density at radius 1 is 1.26 bits per heavy atom. The fourth-order valence-electron chi connectivity index (χ4n) is 3.71. The van der Waals surface area contributed by atoms with Crippen LogP contribution in [0.15, 0.2) is 16.8 Å². The lowest BCUT2D eigenvalue weighted by Crippen LogP contribution is -2.59. The Morgan fingerprint density at radius 3 is 2.74 bits per heavy atom. The predicted octanol–water partition coefficient (Wildman–Crippen LogP) is 0.420. The number of nitrogens with zero attached hydrogens (tertiary/aromatic N) is 5. The molecule has 0 radical (unpaired) electrons. The van der Waals surface area contributed by atoms with Crippen molar-refractivity contribution in [3.63, 3.8) is 0 Å². The number of carbonyl (C=O) groups is 2. The lowest BCUT2D eigenvalue weighted by Gasteiger charge is -2.36. The maximum absolute atomic E-state index is 13.0. The van der Waals surface area contributed by atoms with E-state index < -0.39 is 6.04 Å². The molecule has 0 saturated carbocycles. The standard InChI is InChI=1S/C18H24N6O3/c1-12-13(10-20-22(12)2)16-9-14(21-27-16)17(25)24-8-5-19-11-15(24)18(26)23-6-3-4-7-23/h9-10,15,19H,3-8,11H2,1-2H3/t15-/m1/s1. The summed E-state index contributed by atoms with van der Waals surface area (Å²) < 4.78 is 7.13. The van der Waals surface area contributed by atoms with Crippen molar-refractivity contribution in [1.29, 1.82) is 0 Å². The molecule has 144 valence electrons. The summed E-state index contributed by atoms with van der Waals surface area (Å²) in [6, 6.07) is 1.14. The van der Waals surface area contributed by atoms with E-state index in [1.165, 1.54) is 0 Å². The first-order valence-electron chi connectivity index (χ1n) is 9.32. The van der Waals surface area contributed by atoms with Crippen molar-refractivity contribution in [2.45, 2.75) is 25.8 Å². The molecular formula is C18H24N6O3. The number of nitrogens with one attached hydrogen (secondary N) is 1. The Morgan fingerprint density at radius 2 is 2.04 bits per heavy atom. The summed E-state index contributed by atoms with van der Waals surface area (Å²) in [4.78, 5) is 29.4. The molecule has 0 bridgehead atoms. The molecule has 9 nitrogen and oxygen atoms in total. The summed E-state index contributed by atoms with van der Waals surface area (Å²) in [5, 5.41) is 11.4. The zero-order valence-corrected chi connectivity index (χ0v) is 15.6. The minimum Gasteiger partial charge on any atom is -0.355 e. The average Bonchev–Trinajstić information content (AvgIpc) is 3.43. The smallest absolute Gasteiger partial charge is 0.276 e. The van der Waals surface area contributed by atoms with Gasteiger partial charge in [0.25, 0.3) is 5.91 Å². The summed E-state index contributed by atoms with van der Waals surface area (Å²) in [7, 11) is 1.84. The second-order valence-corrected chi connectivity index (χ2v) is 7.09. The monoisotopic (exact) mass is 372 g/mol. The van der Waals surface area contributed by atoms with E-state index in [1.54, 1.807) is 21.8 Å². The number of likely N-dealkylation sites (tertiary alicyclic amines) is 1. The first kappa shape index (κ1) is 17.7. The topological polar surface area (TPSA) is 96.5 Å². The maximum Gasteiger partial charge on any atom is 0.276 e. The van der Waals surface area contributed by atoms with Crippen LogP contribution in [0.1, 0.15) is 29.0 Å². The van der Waals surface area contributed by atoms with Gasteiger partial charge in [0.15, 0.2) is 11.5 Å². The highest BCUT2D eigenvalue weighted by atomic mass is 16.5. The van der Waals surface area contributed by atoms with E-state index in [0.717, 1.165) is 37.2 Å². The van der Waals surface area contributed by atoms with Crippen LogP contribution in [0, 0.1) is 6.92 Å². The molecule has 0 spiro atoms. The van der Waals surface area contributed by atoms with Gasteiger partial charge in [-0.05, 0) is 19.8 Å². The lowest BCUT2D eigenvalue weighted by atomic mass is 10.1. The SMILES string of the molecule is Cc1c(-c2cc(C(=O)N3CCNC[C@@H]3C(=O)N3CCCC3)no2)cnn1C. The quantitative estimate of drug-likeness (QED) is 0.839. The first-order chi connectivity index (χ1) is 13.1. The van der Waals surface area contributed by atoms with Gasteiger partial charge in [-0.1, -0.05) is 5.16 Å². The van der Waals surface area contributed by atoms with E-state index in [0.29, 0.717) is 25.4 Å². The van der Waals surface area contributed by atoms with Crippen molar-refractivity contribution in [2.75, 3.05) is 32.7 Å². The van der Waals surface area contributed by atoms with Crippen LogP contribution in [0.5, 0.6) is 0 Å². The van der Waals surface area contributed by atoms with E-state index in [1.807, 2.05) is 18.9 Å². The van der Waals surface area contributed by atoms with Crippen LogP contribution in [0.2, 0.25) is 0 Å². The van der Waals surface area contributed by atoms with Crippen molar-refractivity contribution in [3.05, 3.63) is 23.7 Å². The van der Waals surface area contributed by atoms with E-state index in [-0.39, 0.29) is 17.5 Å². The van der Waals surface area contributed by atoms with Gasteiger partial charge >= 0.3 is 0 Å². The van der Waals surface area contributed by atoms with Gasteiger partial charge in [0.1, 0.15) is 6.04 Å². The third-order valence-corrected chi connectivity index (χ3v) is 5.44. The number of amides is 2. The molecule has 2 aliphatic heterocycles. The molecule has 1 N–H and O–H groups in total. The van der Waals surface area contributed by atoms with Crippen molar-refractivity contribution >= 4 is 11.8 Å². The summed E-state index contributed by atoms with van der Waals surface area (Å²) in [6.45, 7) is 5.05. The Balaban J connectivity index is 1.55. The molecule has 1 atom stereocenters. The highest BCUT2D eigenvalue weighted by Crippen LogP contribution is 2.24. The van der Waals surface area contributed by atoms with Crippen LogP contribution in [-0.2, 0) is 11.8 Å². The van der Waals surface area contributed by atoms with Crippen LogP contribution in [0.3, 0.4) is 0 Å². The maximum atomic E-state index is 13.0. The molecule has 2 aliphatic rings. The molecule has 2 aromatic rings. The van der Waals surface area contributed by atoms with Crippen LogP contribution < -0.4 is 5.32 Å². The summed E-state index contributed by atoms with van der Waals surface area (Å²) in [6.07, 6.45) is 3.74. The Hall–Kier alpha value is -2.68. The van der Waals surface area contributed by atoms with Crippen molar-refractivity contribution < 1.29 is 14.1 Å². The molecule has 2 saturated heterocycles. The molecular weight excluding hydrogens is 348 g/mol. The van der Waals surface area contributed by atoms with Gasteiger partial charge in [0.2, 0.25) is 5.91 Å². The zero-order chi connectivity index (χ0) is 19.0. The van der Waals surface area contributed by atoms with E-state index in [4.69, 9.17) is 4.52 Å². The van der Waals surface area contributed by atoms with Gasteiger partial charge in [0.05, 0.1) is 11.8 Å². The molecule has 27 heavy (non-hydrogen) atoms. The number of aromatic nitrogens is 3. The number of carbonyl (C=O) groups excluding carboxylic acids is 2. The lowest BCUT2D eigenvalue weighted by molar-refractivity contribution is -0.135. The molecule has 2 aromatic heterocycles. The summed E-state index contributed by atoms with van der Waals surface area (Å²) >= 11 is 0. The molecule has 2 fully saturated rings. The first-order valence-corrected chi connectivity index (χ1v) is 9.32. The fourth-order valence-corrected chi connectivity index (χ4v) is 3.71. The minimum absolute atomic E-state index is 0.0138. The van der Waals surface area contributed by atoms with Crippen LogP contribution in [0.4, 0.5) is 0 Å². The van der Waals surface area contributed by atoms with Gasteiger partial charge in [0, 0.05) is 51.5 Å². The van der Waals surface area contributed by atoms with Crippen molar-refractivity contribution in [3.8, 4) is 11.3 Å². The second-order valence-electron chi connectivity index (χ2n) is 7.09. The van der Waals surface area contributed by atoms with Gasteiger partial charge < -0.3 is 19.6 Å². The second kappa shape index (κ2) is 7.15. The molecule has 0 aliphatic carbocycles. The number of rotatable bonds is 3. The molecule has 4 heterocycles. The molecule has 0 aromatic carbocycles. The van der Waals surface area contributed by atoms with Crippen LogP contribution >= 0.6 is 0 Å². The fraction of sp³-hybridized carbons (Fsp3) is 0.556. The highest BCUT2D eigenvalue weighted by Gasteiger charge is 2.37. The highest BCUT2D eigenvalue weighted by molar-refractivity contribution is 5.97. The summed E-state index contributed by atoms with van der Waals surface area (Å²) in [5.74, 6) is 0.243. The molecule has 9 heteroatoms. The van der Waals surface area contributed by atoms with Gasteiger partial charge in [-0.3, -0.25) is 14.3 Å². The summed E-state index contributed by atoms with van der Waals surface area (Å²) in [5.41, 5.74) is 1.94. The Labute approximate surface area is 157 Å². The molecule has 2 amide bonds. The van der Waals surface area contributed by atoms with Gasteiger partial charge in [-0.2, -0.15) is 5.10 Å². The van der Waals surface area contributed by atoms with Gasteiger partial charge in [-0.25, -0.2) is 0 Å². The van der Waals surface area contributed by atoms with E-state index in [2.05, 4.69) is 15.6 Å². The van der Waals surface area contributed by atoms with Gasteiger partial charge in [-0.15, -0.1) is 0 Å². The molecule has 0 unspecified atom stereocenters. The number of aryl methyl sites for hydroxylation is 1. The van der Waals surface area contributed by atoms with Crippen LogP contribution in [-0.4, -0.2) is 75.3 Å². The number of piperazine rings is 1. The van der Waals surface area contributed by atoms with Crippen LogP contribution in [0.25, 0.3) is 11.3 Å².